The molecule has 0 radical (unpaired) electrons. The molecule has 15 heavy (non-hydrogen) atoms. The minimum atomic E-state index is 0.333. The Labute approximate surface area is 95.9 Å². The molecule has 0 amide bonds. The number of methoxy groups -OCH3 is 1. The third kappa shape index (κ3) is 3.47. The Kier molecular flexibility index (Phi) is 4.54. The van der Waals surface area contributed by atoms with E-state index in [-0.39, 0.29) is 0 Å². The Morgan fingerprint density at radius 1 is 1.40 bits per heavy atom. The van der Waals surface area contributed by atoms with Gasteiger partial charge in [-0.3, -0.25) is 0 Å². The Morgan fingerprint density at radius 2 is 2.07 bits per heavy atom. The maximum absolute atomic E-state index is 5.19. The van der Waals surface area contributed by atoms with E-state index in [2.05, 4.69) is 31.1 Å². The highest BCUT2D eigenvalue weighted by Crippen LogP contribution is 2.23. The molecule has 0 aliphatic rings. The molecule has 1 heterocycles. The molecule has 86 valence electrons. The molecule has 1 atom stereocenters. The van der Waals surface area contributed by atoms with Gasteiger partial charge in [-0.25, -0.2) is 4.98 Å². The van der Waals surface area contributed by atoms with Gasteiger partial charge in [-0.2, -0.15) is 0 Å². The van der Waals surface area contributed by atoms with E-state index < -0.39 is 0 Å². The SMILES string of the molecule is COCC(Nc1nc(C)c(C)s1)C(C)C. The lowest BCUT2D eigenvalue weighted by molar-refractivity contribution is 0.171. The fourth-order valence-electron chi connectivity index (χ4n) is 1.27. The van der Waals surface area contributed by atoms with Gasteiger partial charge in [0.1, 0.15) is 0 Å². The third-order valence-electron chi connectivity index (χ3n) is 2.49. The lowest BCUT2D eigenvalue weighted by Crippen LogP contribution is -2.30. The van der Waals surface area contributed by atoms with E-state index >= 15 is 0 Å². The molecule has 0 saturated heterocycles. The van der Waals surface area contributed by atoms with E-state index in [0.29, 0.717) is 12.0 Å². The number of thiazole rings is 1. The number of hydrogen-bond donors (Lipinski definition) is 1. The van der Waals surface area contributed by atoms with Gasteiger partial charge in [0.15, 0.2) is 5.13 Å². The van der Waals surface area contributed by atoms with Crippen LogP contribution in [0.2, 0.25) is 0 Å². The Bertz CT molecular complexity index is 290. The number of anilines is 1. The molecule has 0 aromatic carbocycles. The number of nitrogens with zero attached hydrogens (tertiary/aromatic N) is 1. The highest BCUT2D eigenvalue weighted by molar-refractivity contribution is 7.15. The Balaban J connectivity index is 2.65. The molecule has 0 fully saturated rings. The number of ether oxygens (including phenoxy) is 1. The quantitative estimate of drug-likeness (QED) is 0.841. The lowest BCUT2D eigenvalue weighted by atomic mass is 10.1. The molecule has 1 rings (SSSR count). The van der Waals surface area contributed by atoms with Crippen LogP contribution >= 0.6 is 11.3 Å². The molecule has 0 bridgehead atoms. The predicted molar refractivity (Wildman–Crippen MR) is 65.7 cm³/mol. The lowest BCUT2D eigenvalue weighted by Gasteiger charge is -2.20. The summed E-state index contributed by atoms with van der Waals surface area (Å²) in [6.45, 7) is 9.22. The average Bonchev–Trinajstić information content (AvgIpc) is 2.45. The number of nitrogens with one attached hydrogen (secondary N) is 1. The van der Waals surface area contributed by atoms with Gasteiger partial charge >= 0.3 is 0 Å². The van der Waals surface area contributed by atoms with Crippen LogP contribution in [0.25, 0.3) is 0 Å². The maximum atomic E-state index is 5.19. The van der Waals surface area contributed by atoms with Crippen LogP contribution in [0.4, 0.5) is 5.13 Å². The normalized spacial score (nSPS) is 13.2. The molecule has 0 aliphatic carbocycles. The van der Waals surface area contributed by atoms with Crippen molar-refractivity contribution in [2.75, 3.05) is 19.0 Å². The summed E-state index contributed by atoms with van der Waals surface area (Å²) in [5.74, 6) is 0.537. The van der Waals surface area contributed by atoms with Crippen molar-refractivity contribution < 1.29 is 4.74 Å². The van der Waals surface area contributed by atoms with Gasteiger partial charge in [-0.1, -0.05) is 13.8 Å². The van der Waals surface area contributed by atoms with Crippen molar-refractivity contribution in [3.63, 3.8) is 0 Å². The number of aromatic nitrogens is 1. The second-order valence-corrected chi connectivity index (χ2v) is 5.31. The van der Waals surface area contributed by atoms with Gasteiger partial charge in [0, 0.05) is 12.0 Å². The van der Waals surface area contributed by atoms with Crippen LogP contribution in [0.5, 0.6) is 0 Å². The van der Waals surface area contributed by atoms with Crippen LogP contribution in [0.15, 0.2) is 0 Å². The minimum absolute atomic E-state index is 0.333. The number of rotatable bonds is 5. The molecular weight excluding hydrogens is 208 g/mol. The van der Waals surface area contributed by atoms with Gasteiger partial charge in [0.2, 0.25) is 0 Å². The zero-order valence-electron chi connectivity index (χ0n) is 10.1. The van der Waals surface area contributed by atoms with Crippen LogP contribution < -0.4 is 5.32 Å². The zero-order chi connectivity index (χ0) is 11.4. The first-order valence-corrected chi connectivity index (χ1v) is 6.05. The summed E-state index contributed by atoms with van der Waals surface area (Å²) in [6.07, 6.45) is 0. The molecule has 1 N–H and O–H groups in total. The van der Waals surface area contributed by atoms with Crippen molar-refractivity contribution in [2.24, 2.45) is 5.92 Å². The van der Waals surface area contributed by atoms with Crippen molar-refractivity contribution in [1.82, 2.24) is 4.98 Å². The molecule has 3 nitrogen and oxygen atoms in total. The van der Waals surface area contributed by atoms with Gasteiger partial charge < -0.3 is 10.1 Å². The zero-order valence-corrected chi connectivity index (χ0v) is 10.9. The van der Waals surface area contributed by atoms with Gasteiger partial charge in [0.25, 0.3) is 0 Å². The molecule has 0 aliphatic heterocycles. The largest absolute Gasteiger partial charge is 0.383 e. The van der Waals surface area contributed by atoms with Crippen LogP contribution in [0.1, 0.15) is 24.4 Å². The summed E-state index contributed by atoms with van der Waals surface area (Å²) in [7, 11) is 1.73. The van der Waals surface area contributed by atoms with E-state index in [4.69, 9.17) is 4.74 Å². The predicted octanol–water partition coefficient (Wildman–Crippen LogP) is 2.84. The summed E-state index contributed by atoms with van der Waals surface area (Å²) in [5.41, 5.74) is 1.11. The topological polar surface area (TPSA) is 34.1 Å². The second kappa shape index (κ2) is 5.47. The second-order valence-electron chi connectivity index (χ2n) is 4.11. The molecule has 1 unspecified atom stereocenters. The molecular formula is C11H20N2OS. The monoisotopic (exact) mass is 228 g/mol. The number of aryl methyl sites for hydroxylation is 2. The highest BCUT2D eigenvalue weighted by atomic mass is 32.1. The van der Waals surface area contributed by atoms with Crippen molar-refractivity contribution in [2.45, 2.75) is 33.7 Å². The molecule has 0 saturated carbocycles. The summed E-state index contributed by atoms with van der Waals surface area (Å²) in [4.78, 5) is 5.74. The first-order chi connectivity index (χ1) is 7.04. The third-order valence-corrected chi connectivity index (χ3v) is 3.49. The van der Waals surface area contributed by atoms with Gasteiger partial charge in [-0.05, 0) is 19.8 Å². The fourth-order valence-corrected chi connectivity index (χ4v) is 2.15. The molecule has 4 heteroatoms. The van der Waals surface area contributed by atoms with E-state index in [0.717, 1.165) is 17.4 Å². The smallest absolute Gasteiger partial charge is 0.183 e. The van der Waals surface area contributed by atoms with E-state index in [9.17, 15) is 0 Å². The van der Waals surface area contributed by atoms with Gasteiger partial charge in [-0.15, -0.1) is 11.3 Å². The summed E-state index contributed by atoms with van der Waals surface area (Å²) >= 11 is 1.71. The van der Waals surface area contributed by atoms with Crippen molar-refractivity contribution in [3.05, 3.63) is 10.6 Å². The van der Waals surface area contributed by atoms with Crippen LogP contribution in [0, 0.1) is 19.8 Å². The van der Waals surface area contributed by atoms with Gasteiger partial charge in [0.05, 0.1) is 18.3 Å². The summed E-state index contributed by atoms with van der Waals surface area (Å²) in [5, 5.41) is 4.42. The Hall–Kier alpha value is -0.610. The van der Waals surface area contributed by atoms with E-state index in [1.807, 2.05) is 6.92 Å². The molecule has 1 aromatic rings. The van der Waals surface area contributed by atoms with Crippen LogP contribution in [-0.4, -0.2) is 24.7 Å². The maximum Gasteiger partial charge on any atom is 0.183 e. The van der Waals surface area contributed by atoms with Crippen LogP contribution in [-0.2, 0) is 4.74 Å². The van der Waals surface area contributed by atoms with Crippen molar-refractivity contribution in [3.8, 4) is 0 Å². The van der Waals surface area contributed by atoms with E-state index in [1.54, 1.807) is 18.4 Å². The summed E-state index contributed by atoms with van der Waals surface area (Å²) < 4.78 is 5.19. The van der Waals surface area contributed by atoms with Crippen molar-refractivity contribution >= 4 is 16.5 Å². The first kappa shape index (κ1) is 12.5. The molecule has 1 aromatic heterocycles. The highest BCUT2D eigenvalue weighted by Gasteiger charge is 2.14. The number of hydrogen-bond acceptors (Lipinski definition) is 4. The average molecular weight is 228 g/mol. The minimum Gasteiger partial charge on any atom is -0.383 e. The van der Waals surface area contributed by atoms with Crippen molar-refractivity contribution in [1.29, 1.82) is 0 Å². The van der Waals surface area contributed by atoms with E-state index in [1.165, 1.54) is 4.88 Å². The summed E-state index contributed by atoms with van der Waals surface area (Å²) in [6, 6.07) is 0.333. The standard InChI is InChI=1S/C11H20N2OS/c1-7(2)10(6-14-5)13-11-12-8(3)9(4)15-11/h7,10H,6H2,1-5H3,(H,12,13). The van der Waals surface area contributed by atoms with Crippen LogP contribution in [0.3, 0.4) is 0 Å². The first-order valence-electron chi connectivity index (χ1n) is 5.24. The molecule has 0 spiro atoms. The fraction of sp³-hybridized carbons (Fsp3) is 0.727. The Morgan fingerprint density at radius 3 is 2.47 bits per heavy atom.